The number of hydrogen-bond acceptors (Lipinski definition) is 5. The number of ketones is 1. The Hall–Kier alpha value is -1.93. The molecule has 4 nitrogen and oxygen atoms in total. The second-order valence-electron chi connectivity index (χ2n) is 6.60. The molecule has 27 heavy (non-hydrogen) atoms. The maximum Gasteiger partial charge on any atom is 0.416 e. The summed E-state index contributed by atoms with van der Waals surface area (Å²) in [4.78, 5) is 23.4. The monoisotopic (exact) mass is 395 g/mol. The van der Waals surface area contributed by atoms with Gasteiger partial charge in [0.1, 0.15) is 0 Å². The van der Waals surface area contributed by atoms with Crippen LogP contribution in [0.25, 0.3) is 0 Å². The molecular weight excluding hydrogens is 375 g/mol. The quantitative estimate of drug-likeness (QED) is 0.429. The fourth-order valence-electron chi connectivity index (χ4n) is 3.29. The number of piperidine rings is 1. The molecule has 0 amide bonds. The molecule has 1 aliphatic heterocycles. The topological polar surface area (TPSA) is 46.1 Å². The van der Waals surface area contributed by atoms with E-state index in [4.69, 9.17) is 0 Å². The number of halogens is 3. The van der Waals surface area contributed by atoms with Crippen LogP contribution in [0.5, 0.6) is 0 Å². The van der Waals surface area contributed by atoms with Crippen molar-refractivity contribution < 1.29 is 18.0 Å². The van der Waals surface area contributed by atoms with E-state index in [1.807, 2.05) is 6.26 Å². The molecule has 144 valence electrons. The minimum Gasteiger partial charge on any atom is -0.298 e. The minimum atomic E-state index is -4.45. The fraction of sp³-hybridized carbons (Fsp3) is 0.421. The van der Waals surface area contributed by atoms with Crippen molar-refractivity contribution >= 4 is 17.5 Å². The molecule has 0 spiro atoms. The Morgan fingerprint density at radius 1 is 1.30 bits per heavy atom. The molecule has 3 rings (SSSR count). The summed E-state index contributed by atoms with van der Waals surface area (Å²) in [6.45, 7) is 2.00. The van der Waals surface area contributed by atoms with E-state index in [0.717, 1.165) is 30.7 Å². The Morgan fingerprint density at radius 2 is 2.04 bits per heavy atom. The molecule has 1 fully saturated rings. The zero-order valence-corrected chi connectivity index (χ0v) is 15.7. The molecule has 0 radical (unpaired) electrons. The van der Waals surface area contributed by atoms with Gasteiger partial charge in [0.05, 0.1) is 5.56 Å². The number of nitrogens with zero attached hydrogens (tertiary/aromatic N) is 3. The summed E-state index contributed by atoms with van der Waals surface area (Å²) < 4.78 is 38.7. The van der Waals surface area contributed by atoms with Crippen LogP contribution in [0.3, 0.4) is 0 Å². The maximum absolute atomic E-state index is 12.9. The summed E-state index contributed by atoms with van der Waals surface area (Å²) in [5.74, 6) is -0.520. The molecule has 1 aromatic heterocycles. The number of carbonyl (C=O) groups excluding carboxylic acids is 1. The molecule has 0 N–H and O–H groups in total. The van der Waals surface area contributed by atoms with Gasteiger partial charge in [-0.05, 0) is 37.8 Å². The van der Waals surface area contributed by atoms with Crippen LogP contribution in [0.15, 0.2) is 41.8 Å². The lowest BCUT2D eigenvalue weighted by atomic mass is 9.89. The standard InChI is InChI=1S/C19H20F3N3OS/c1-27-18-23-9-13(10-24-18)11-25-7-3-5-15(12-25)17(26)14-4-2-6-16(8-14)19(20,21)22/h2,4,6,8-10,15H,3,5,7,11-12H2,1H3/t15-/m1/s1. The summed E-state index contributed by atoms with van der Waals surface area (Å²) in [5, 5.41) is 0.704. The van der Waals surface area contributed by atoms with Gasteiger partial charge in [-0.3, -0.25) is 9.69 Å². The van der Waals surface area contributed by atoms with Crippen LogP contribution < -0.4 is 0 Å². The molecule has 2 heterocycles. The Kier molecular flexibility index (Phi) is 6.16. The molecule has 0 aliphatic carbocycles. The summed E-state index contributed by atoms with van der Waals surface area (Å²) in [6.07, 6.45) is 2.53. The van der Waals surface area contributed by atoms with Gasteiger partial charge < -0.3 is 0 Å². The van der Waals surface area contributed by atoms with E-state index in [9.17, 15) is 18.0 Å². The molecule has 2 aromatic rings. The molecule has 1 saturated heterocycles. The highest BCUT2D eigenvalue weighted by Crippen LogP contribution is 2.31. The minimum absolute atomic E-state index is 0.129. The van der Waals surface area contributed by atoms with Gasteiger partial charge in [0.15, 0.2) is 10.9 Å². The van der Waals surface area contributed by atoms with Crippen molar-refractivity contribution in [2.24, 2.45) is 5.92 Å². The number of hydrogen-bond donors (Lipinski definition) is 0. The molecule has 0 unspecified atom stereocenters. The Labute approximate surface area is 160 Å². The van der Waals surface area contributed by atoms with E-state index < -0.39 is 11.7 Å². The van der Waals surface area contributed by atoms with Crippen LogP contribution in [0.4, 0.5) is 13.2 Å². The molecule has 1 aliphatic rings. The fourth-order valence-corrected chi connectivity index (χ4v) is 3.60. The molecule has 0 saturated carbocycles. The van der Waals surface area contributed by atoms with E-state index in [0.29, 0.717) is 24.7 Å². The molecule has 0 bridgehead atoms. The van der Waals surface area contributed by atoms with Gasteiger partial charge in [0.2, 0.25) is 0 Å². The molecular formula is C19H20F3N3OS. The van der Waals surface area contributed by atoms with Crippen molar-refractivity contribution in [2.75, 3.05) is 19.3 Å². The third kappa shape index (κ3) is 5.07. The van der Waals surface area contributed by atoms with Crippen molar-refractivity contribution in [3.05, 3.63) is 53.3 Å². The maximum atomic E-state index is 12.9. The van der Waals surface area contributed by atoms with Gasteiger partial charge in [-0.1, -0.05) is 23.9 Å². The third-order valence-electron chi connectivity index (χ3n) is 4.62. The smallest absolute Gasteiger partial charge is 0.298 e. The lowest BCUT2D eigenvalue weighted by molar-refractivity contribution is -0.137. The van der Waals surface area contributed by atoms with Crippen molar-refractivity contribution in [3.63, 3.8) is 0 Å². The van der Waals surface area contributed by atoms with Gasteiger partial charge in [0.25, 0.3) is 0 Å². The number of aromatic nitrogens is 2. The average molecular weight is 395 g/mol. The summed E-state index contributed by atoms with van der Waals surface area (Å²) in [7, 11) is 0. The van der Waals surface area contributed by atoms with E-state index in [1.165, 1.54) is 23.9 Å². The number of likely N-dealkylation sites (tertiary alicyclic amines) is 1. The summed E-state index contributed by atoms with van der Waals surface area (Å²) in [6, 6.07) is 4.70. The third-order valence-corrected chi connectivity index (χ3v) is 5.20. The Bertz CT molecular complexity index is 796. The first-order chi connectivity index (χ1) is 12.9. The van der Waals surface area contributed by atoms with Crippen molar-refractivity contribution in [3.8, 4) is 0 Å². The summed E-state index contributed by atoms with van der Waals surface area (Å²) >= 11 is 1.47. The van der Waals surface area contributed by atoms with Crippen LogP contribution in [-0.2, 0) is 12.7 Å². The highest BCUT2D eigenvalue weighted by atomic mass is 32.2. The predicted octanol–water partition coefficient (Wildman–Crippen LogP) is 4.31. The predicted molar refractivity (Wildman–Crippen MR) is 97.6 cm³/mol. The first-order valence-electron chi connectivity index (χ1n) is 8.65. The van der Waals surface area contributed by atoms with E-state index in [2.05, 4.69) is 14.9 Å². The van der Waals surface area contributed by atoms with Crippen LogP contribution in [0.2, 0.25) is 0 Å². The first-order valence-corrected chi connectivity index (χ1v) is 9.88. The van der Waals surface area contributed by atoms with Crippen LogP contribution in [0.1, 0.15) is 34.3 Å². The molecule has 1 aromatic carbocycles. The number of alkyl halides is 3. The van der Waals surface area contributed by atoms with E-state index >= 15 is 0 Å². The number of Topliss-reactive ketones (excluding diaryl/α,β-unsaturated/α-hetero) is 1. The second kappa shape index (κ2) is 8.39. The molecule has 8 heteroatoms. The van der Waals surface area contributed by atoms with Crippen LogP contribution in [0, 0.1) is 5.92 Å². The number of benzene rings is 1. The van der Waals surface area contributed by atoms with Crippen LogP contribution >= 0.6 is 11.8 Å². The zero-order valence-electron chi connectivity index (χ0n) is 14.9. The number of thioether (sulfide) groups is 1. The first kappa shape index (κ1) is 19.8. The second-order valence-corrected chi connectivity index (χ2v) is 7.37. The number of carbonyl (C=O) groups is 1. The zero-order chi connectivity index (χ0) is 19.4. The number of rotatable bonds is 5. The van der Waals surface area contributed by atoms with E-state index in [-0.39, 0.29) is 17.3 Å². The van der Waals surface area contributed by atoms with Crippen LogP contribution in [-0.4, -0.2) is 40.0 Å². The van der Waals surface area contributed by atoms with Gasteiger partial charge in [-0.15, -0.1) is 0 Å². The Balaban J connectivity index is 1.67. The lowest BCUT2D eigenvalue weighted by Gasteiger charge is -2.32. The summed E-state index contributed by atoms with van der Waals surface area (Å²) in [5.41, 5.74) is 0.302. The normalized spacial score (nSPS) is 18.4. The average Bonchev–Trinajstić information content (AvgIpc) is 2.68. The molecule has 1 atom stereocenters. The van der Waals surface area contributed by atoms with Gasteiger partial charge in [-0.2, -0.15) is 13.2 Å². The van der Waals surface area contributed by atoms with Crippen molar-refractivity contribution in [1.82, 2.24) is 14.9 Å². The largest absolute Gasteiger partial charge is 0.416 e. The Morgan fingerprint density at radius 3 is 2.70 bits per heavy atom. The van der Waals surface area contributed by atoms with Gasteiger partial charge in [0, 0.05) is 42.5 Å². The highest BCUT2D eigenvalue weighted by molar-refractivity contribution is 7.98. The van der Waals surface area contributed by atoms with E-state index in [1.54, 1.807) is 12.4 Å². The van der Waals surface area contributed by atoms with Crippen molar-refractivity contribution in [1.29, 1.82) is 0 Å². The van der Waals surface area contributed by atoms with Gasteiger partial charge in [-0.25, -0.2) is 9.97 Å². The van der Waals surface area contributed by atoms with Crippen molar-refractivity contribution in [2.45, 2.75) is 30.7 Å². The van der Waals surface area contributed by atoms with Gasteiger partial charge >= 0.3 is 6.18 Å². The lowest BCUT2D eigenvalue weighted by Crippen LogP contribution is -2.38. The highest BCUT2D eigenvalue weighted by Gasteiger charge is 2.32. The SMILES string of the molecule is CSc1ncc(CN2CCC[C@@H](C(=O)c3cccc(C(F)(F)F)c3)C2)cn1.